The first-order chi connectivity index (χ1) is 13.7. The molecule has 2 aromatic carbocycles. The zero-order chi connectivity index (χ0) is 19.5. The summed E-state index contributed by atoms with van der Waals surface area (Å²) in [7, 11) is 1.67. The third-order valence-electron chi connectivity index (χ3n) is 5.55. The monoisotopic (exact) mass is 379 g/mol. The SMILES string of the molecule is COc1ccccc1N1CCN(C(=O)CC(=O)N2CCc3ccccc32)CC1. The topological polar surface area (TPSA) is 53.1 Å². The number of piperazine rings is 1. The molecule has 0 N–H and O–H groups in total. The summed E-state index contributed by atoms with van der Waals surface area (Å²) in [6.07, 6.45) is 0.788. The van der Waals surface area contributed by atoms with Crippen molar-refractivity contribution < 1.29 is 14.3 Å². The fourth-order valence-electron chi connectivity index (χ4n) is 4.02. The molecular formula is C22H25N3O3. The second kappa shape index (κ2) is 7.92. The lowest BCUT2D eigenvalue weighted by Gasteiger charge is -2.36. The number of amides is 2. The maximum absolute atomic E-state index is 12.7. The van der Waals surface area contributed by atoms with E-state index in [-0.39, 0.29) is 18.2 Å². The van der Waals surface area contributed by atoms with Crippen LogP contribution in [0.15, 0.2) is 48.5 Å². The number of hydrogen-bond acceptors (Lipinski definition) is 4. The van der Waals surface area contributed by atoms with E-state index in [0.29, 0.717) is 19.6 Å². The smallest absolute Gasteiger partial charge is 0.236 e. The van der Waals surface area contributed by atoms with E-state index in [1.807, 2.05) is 48.5 Å². The maximum atomic E-state index is 12.7. The van der Waals surface area contributed by atoms with Gasteiger partial charge in [-0.15, -0.1) is 0 Å². The molecular weight excluding hydrogens is 354 g/mol. The number of carbonyl (C=O) groups is 2. The predicted octanol–water partition coefficient (Wildman–Crippen LogP) is 2.32. The molecule has 0 aromatic heterocycles. The number of rotatable bonds is 4. The van der Waals surface area contributed by atoms with Gasteiger partial charge in [0.15, 0.2) is 0 Å². The lowest BCUT2D eigenvalue weighted by atomic mass is 10.2. The fraction of sp³-hybridized carbons (Fsp3) is 0.364. The van der Waals surface area contributed by atoms with Gasteiger partial charge in [-0.05, 0) is 30.2 Å². The Bertz CT molecular complexity index is 875. The standard InChI is InChI=1S/C22H25N3O3/c1-28-20-9-5-4-8-19(20)23-12-14-24(15-13-23)21(26)16-22(27)25-11-10-17-6-2-3-7-18(17)25/h2-9H,10-16H2,1H3. The van der Waals surface area contributed by atoms with Crippen molar-refractivity contribution in [3.05, 3.63) is 54.1 Å². The van der Waals surface area contributed by atoms with Gasteiger partial charge in [0, 0.05) is 38.4 Å². The molecule has 1 fully saturated rings. The first-order valence-corrected chi connectivity index (χ1v) is 9.71. The molecule has 2 aliphatic rings. The zero-order valence-electron chi connectivity index (χ0n) is 16.1. The van der Waals surface area contributed by atoms with Gasteiger partial charge in [-0.1, -0.05) is 30.3 Å². The molecule has 146 valence electrons. The molecule has 0 atom stereocenters. The summed E-state index contributed by atoms with van der Waals surface area (Å²) in [6.45, 7) is 3.34. The number of para-hydroxylation sites is 3. The Labute approximate surface area is 165 Å². The quantitative estimate of drug-likeness (QED) is 0.765. The van der Waals surface area contributed by atoms with Gasteiger partial charge in [0.05, 0.1) is 12.8 Å². The van der Waals surface area contributed by atoms with Crippen LogP contribution in [0.1, 0.15) is 12.0 Å². The van der Waals surface area contributed by atoms with Crippen LogP contribution in [-0.2, 0) is 16.0 Å². The van der Waals surface area contributed by atoms with Crippen molar-refractivity contribution in [1.29, 1.82) is 0 Å². The molecule has 6 nitrogen and oxygen atoms in total. The molecule has 2 heterocycles. The summed E-state index contributed by atoms with van der Waals surface area (Å²) in [6, 6.07) is 15.8. The minimum absolute atomic E-state index is 0.0665. The normalized spacial score (nSPS) is 16.1. The van der Waals surface area contributed by atoms with Crippen molar-refractivity contribution >= 4 is 23.2 Å². The first kappa shape index (κ1) is 18.3. The number of hydrogen-bond donors (Lipinski definition) is 0. The Kier molecular flexibility index (Phi) is 5.19. The number of fused-ring (bicyclic) bond motifs is 1. The molecule has 0 aliphatic carbocycles. The van der Waals surface area contributed by atoms with Crippen LogP contribution in [0.2, 0.25) is 0 Å². The molecule has 1 saturated heterocycles. The Morgan fingerprint density at radius 2 is 1.54 bits per heavy atom. The molecule has 2 amide bonds. The van der Waals surface area contributed by atoms with Crippen molar-refractivity contribution in [2.75, 3.05) is 49.6 Å². The van der Waals surface area contributed by atoms with Gasteiger partial charge in [-0.25, -0.2) is 0 Å². The number of nitrogens with zero attached hydrogens (tertiary/aromatic N) is 3. The van der Waals surface area contributed by atoms with Gasteiger partial charge >= 0.3 is 0 Å². The fourth-order valence-corrected chi connectivity index (χ4v) is 4.02. The molecule has 0 bridgehead atoms. The summed E-state index contributed by atoms with van der Waals surface area (Å²) in [5.74, 6) is 0.640. The molecule has 2 aromatic rings. The molecule has 0 saturated carbocycles. The summed E-state index contributed by atoms with van der Waals surface area (Å²) in [5.41, 5.74) is 3.16. The molecule has 0 radical (unpaired) electrons. The molecule has 2 aliphatic heterocycles. The van der Waals surface area contributed by atoms with E-state index in [4.69, 9.17) is 4.74 Å². The van der Waals surface area contributed by atoms with Crippen LogP contribution in [0, 0.1) is 0 Å². The average molecular weight is 379 g/mol. The molecule has 28 heavy (non-hydrogen) atoms. The second-order valence-corrected chi connectivity index (χ2v) is 7.14. The van der Waals surface area contributed by atoms with Crippen molar-refractivity contribution in [3.8, 4) is 5.75 Å². The Balaban J connectivity index is 1.34. The van der Waals surface area contributed by atoms with Crippen molar-refractivity contribution in [2.45, 2.75) is 12.8 Å². The summed E-state index contributed by atoms with van der Waals surface area (Å²) >= 11 is 0. The van der Waals surface area contributed by atoms with Gasteiger partial charge in [0.2, 0.25) is 11.8 Å². The summed E-state index contributed by atoms with van der Waals surface area (Å²) < 4.78 is 5.44. The third kappa shape index (κ3) is 3.54. The summed E-state index contributed by atoms with van der Waals surface area (Å²) in [5, 5.41) is 0. The predicted molar refractivity (Wildman–Crippen MR) is 109 cm³/mol. The van der Waals surface area contributed by atoms with E-state index in [1.54, 1.807) is 16.9 Å². The van der Waals surface area contributed by atoms with Crippen LogP contribution in [0.4, 0.5) is 11.4 Å². The van der Waals surface area contributed by atoms with E-state index in [2.05, 4.69) is 4.90 Å². The van der Waals surface area contributed by atoms with E-state index in [0.717, 1.165) is 36.6 Å². The molecule has 0 spiro atoms. The Morgan fingerprint density at radius 3 is 2.29 bits per heavy atom. The number of ether oxygens (including phenoxy) is 1. The highest BCUT2D eigenvalue weighted by molar-refractivity contribution is 6.06. The molecule has 6 heteroatoms. The van der Waals surface area contributed by atoms with Crippen molar-refractivity contribution in [2.24, 2.45) is 0 Å². The van der Waals surface area contributed by atoms with Crippen LogP contribution in [-0.4, -0.2) is 56.5 Å². The second-order valence-electron chi connectivity index (χ2n) is 7.14. The highest BCUT2D eigenvalue weighted by atomic mass is 16.5. The van der Waals surface area contributed by atoms with Gasteiger partial charge < -0.3 is 19.4 Å². The molecule has 4 rings (SSSR count). The van der Waals surface area contributed by atoms with E-state index in [1.165, 1.54) is 5.56 Å². The minimum Gasteiger partial charge on any atom is -0.495 e. The highest BCUT2D eigenvalue weighted by Gasteiger charge is 2.29. The molecule has 0 unspecified atom stereocenters. The number of anilines is 2. The van der Waals surface area contributed by atoms with E-state index in [9.17, 15) is 9.59 Å². The lowest BCUT2D eigenvalue weighted by molar-refractivity contribution is -0.135. The van der Waals surface area contributed by atoms with Gasteiger partial charge in [-0.2, -0.15) is 0 Å². The van der Waals surface area contributed by atoms with Crippen LogP contribution in [0.25, 0.3) is 0 Å². The number of benzene rings is 2. The van der Waals surface area contributed by atoms with Gasteiger partial charge in [0.25, 0.3) is 0 Å². The van der Waals surface area contributed by atoms with Crippen LogP contribution in [0.5, 0.6) is 5.75 Å². The number of methoxy groups -OCH3 is 1. The lowest BCUT2D eigenvalue weighted by Crippen LogP contribution is -2.49. The van der Waals surface area contributed by atoms with E-state index >= 15 is 0 Å². The average Bonchev–Trinajstić information content (AvgIpc) is 3.18. The van der Waals surface area contributed by atoms with E-state index < -0.39 is 0 Å². The van der Waals surface area contributed by atoms with Crippen LogP contribution in [0.3, 0.4) is 0 Å². The Hall–Kier alpha value is -3.02. The highest BCUT2D eigenvalue weighted by Crippen LogP contribution is 2.29. The zero-order valence-corrected chi connectivity index (χ0v) is 16.1. The van der Waals surface area contributed by atoms with Crippen LogP contribution >= 0.6 is 0 Å². The van der Waals surface area contributed by atoms with Gasteiger partial charge in [0.1, 0.15) is 12.2 Å². The maximum Gasteiger partial charge on any atom is 0.236 e. The largest absolute Gasteiger partial charge is 0.495 e. The Morgan fingerprint density at radius 1 is 0.857 bits per heavy atom. The van der Waals surface area contributed by atoms with Crippen molar-refractivity contribution in [3.63, 3.8) is 0 Å². The van der Waals surface area contributed by atoms with Gasteiger partial charge in [-0.3, -0.25) is 9.59 Å². The van der Waals surface area contributed by atoms with Crippen molar-refractivity contribution in [1.82, 2.24) is 4.90 Å². The van der Waals surface area contributed by atoms with Crippen LogP contribution < -0.4 is 14.5 Å². The third-order valence-corrected chi connectivity index (χ3v) is 5.55. The summed E-state index contributed by atoms with van der Waals surface area (Å²) in [4.78, 5) is 31.1. The first-order valence-electron chi connectivity index (χ1n) is 9.71. The number of carbonyl (C=O) groups excluding carboxylic acids is 2. The minimum atomic E-state index is -0.109.